The summed E-state index contributed by atoms with van der Waals surface area (Å²) in [5.74, 6) is 5.31. The molecule has 0 saturated carbocycles. The first-order chi connectivity index (χ1) is 8.52. The zero-order valence-corrected chi connectivity index (χ0v) is 13.5. The van der Waals surface area contributed by atoms with E-state index in [1.165, 1.54) is 17.4 Å². The monoisotopic (exact) mass is 392 g/mol. The fourth-order valence-electron chi connectivity index (χ4n) is 1.72. The first-order valence-corrected chi connectivity index (χ1v) is 7.60. The van der Waals surface area contributed by atoms with Crippen molar-refractivity contribution in [1.82, 2.24) is 5.43 Å². The lowest BCUT2D eigenvalue weighted by Gasteiger charge is -2.16. The van der Waals surface area contributed by atoms with E-state index in [0.717, 1.165) is 18.7 Å². The van der Waals surface area contributed by atoms with E-state index in [9.17, 15) is 4.39 Å². The molecule has 18 heavy (non-hydrogen) atoms. The molecule has 6 heteroatoms. The van der Waals surface area contributed by atoms with Crippen LogP contribution in [0, 0.1) is 12.7 Å². The predicted octanol–water partition coefficient (Wildman–Crippen LogP) is 4.27. The summed E-state index contributed by atoms with van der Waals surface area (Å²) in [6.07, 6.45) is 0. The Morgan fingerprint density at radius 2 is 2.06 bits per heavy atom. The predicted molar refractivity (Wildman–Crippen MR) is 80.0 cm³/mol. The molecule has 1 aromatic heterocycles. The molecule has 0 spiro atoms. The van der Waals surface area contributed by atoms with E-state index in [0.29, 0.717) is 5.56 Å². The third-order valence-corrected chi connectivity index (χ3v) is 5.90. The molecule has 0 radical (unpaired) electrons. The molecular weight excluding hydrogens is 383 g/mol. The van der Waals surface area contributed by atoms with Crippen LogP contribution in [0.25, 0.3) is 0 Å². The molecule has 0 aliphatic carbocycles. The van der Waals surface area contributed by atoms with Crippen LogP contribution in [0.2, 0.25) is 0 Å². The third-order valence-electron chi connectivity index (χ3n) is 2.58. The van der Waals surface area contributed by atoms with Gasteiger partial charge in [0, 0.05) is 14.9 Å². The van der Waals surface area contributed by atoms with Crippen molar-refractivity contribution >= 4 is 43.2 Å². The Labute approximate surface area is 126 Å². The summed E-state index contributed by atoms with van der Waals surface area (Å²) in [6, 6.07) is 6.60. The summed E-state index contributed by atoms with van der Waals surface area (Å²) in [7, 11) is 0. The number of halogens is 3. The number of rotatable bonds is 3. The normalized spacial score (nSPS) is 12.7. The van der Waals surface area contributed by atoms with Crippen molar-refractivity contribution in [2.75, 3.05) is 0 Å². The molecule has 1 unspecified atom stereocenters. The molecule has 1 aromatic carbocycles. The van der Waals surface area contributed by atoms with Crippen LogP contribution in [0.15, 0.2) is 32.5 Å². The maximum atomic E-state index is 13.9. The third kappa shape index (κ3) is 2.83. The molecule has 2 rings (SSSR count). The Kier molecular flexibility index (Phi) is 4.55. The number of thiophene rings is 1. The lowest BCUT2D eigenvalue weighted by atomic mass is 10.0. The van der Waals surface area contributed by atoms with Gasteiger partial charge in [-0.1, -0.05) is 17.7 Å². The highest BCUT2D eigenvalue weighted by Crippen LogP contribution is 2.37. The van der Waals surface area contributed by atoms with Crippen LogP contribution in [-0.4, -0.2) is 0 Å². The first kappa shape index (κ1) is 14.1. The van der Waals surface area contributed by atoms with E-state index < -0.39 is 0 Å². The van der Waals surface area contributed by atoms with E-state index >= 15 is 0 Å². The van der Waals surface area contributed by atoms with Crippen LogP contribution in [0.5, 0.6) is 0 Å². The highest BCUT2D eigenvalue weighted by atomic mass is 79.9. The molecule has 0 fully saturated rings. The van der Waals surface area contributed by atoms with Gasteiger partial charge in [-0.2, -0.15) is 0 Å². The van der Waals surface area contributed by atoms with Crippen molar-refractivity contribution in [1.29, 1.82) is 0 Å². The van der Waals surface area contributed by atoms with Crippen LogP contribution in [0.4, 0.5) is 4.39 Å². The number of hydrazine groups is 1. The highest BCUT2D eigenvalue weighted by molar-refractivity contribution is 9.13. The van der Waals surface area contributed by atoms with Gasteiger partial charge in [0.15, 0.2) is 0 Å². The van der Waals surface area contributed by atoms with E-state index in [-0.39, 0.29) is 11.9 Å². The zero-order chi connectivity index (χ0) is 13.3. The SMILES string of the molecule is Cc1ccc(F)c(C(NN)c2cc(Br)c(Br)s2)c1. The minimum atomic E-state index is -0.350. The van der Waals surface area contributed by atoms with Crippen molar-refractivity contribution in [2.45, 2.75) is 13.0 Å². The van der Waals surface area contributed by atoms with Gasteiger partial charge in [0.1, 0.15) is 5.82 Å². The Bertz CT molecular complexity index is 552. The van der Waals surface area contributed by atoms with E-state index in [1.807, 2.05) is 13.0 Å². The molecule has 3 N–H and O–H groups in total. The molecule has 1 atom stereocenters. The lowest BCUT2D eigenvalue weighted by Crippen LogP contribution is -2.29. The van der Waals surface area contributed by atoms with Gasteiger partial charge in [-0.25, -0.2) is 9.82 Å². The average Bonchev–Trinajstić information content (AvgIpc) is 2.65. The Hall–Kier alpha value is -0.270. The first-order valence-electron chi connectivity index (χ1n) is 5.20. The molecular formula is C12H11Br2FN2S. The minimum absolute atomic E-state index is 0.260. The molecule has 2 nitrogen and oxygen atoms in total. The number of nitrogens with one attached hydrogen (secondary N) is 1. The number of hydrogen-bond acceptors (Lipinski definition) is 3. The average molecular weight is 394 g/mol. The van der Waals surface area contributed by atoms with Gasteiger partial charge in [0.05, 0.1) is 9.83 Å². The molecule has 2 aromatic rings. The molecule has 1 heterocycles. The number of hydrogen-bond donors (Lipinski definition) is 2. The largest absolute Gasteiger partial charge is 0.271 e. The fraction of sp³-hybridized carbons (Fsp3) is 0.167. The van der Waals surface area contributed by atoms with Crippen LogP contribution < -0.4 is 11.3 Å². The number of benzene rings is 1. The van der Waals surface area contributed by atoms with Crippen LogP contribution in [0.1, 0.15) is 22.0 Å². The van der Waals surface area contributed by atoms with Gasteiger partial charge in [-0.15, -0.1) is 11.3 Å². The summed E-state index contributed by atoms with van der Waals surface area (Å²) >= 11 is 8.37. The Morgan fingerprint density at radius 1 is 1.33 bits per heavy atom. The molecule has 0 amide bonds. The second kappa shape index (κ2) is 5.79. The summed E-state index contributed by atoms with van der Waals surface area (Å²) < 4.78 is 15.8. The van der Waals surface area contributed by atoms with Crippen molar-refractivity contribution in [3.05, 3.63) is 54.3 Å². The second-order valence-corrected chi connectivity index (χ2v) is 7.15. The minimum Gasteiger partial charge on any atom is -0.271 e. The maximum absolute atomic E-state index is 13.9. The molecule has 0 aliphatic heterocycles. The van der Waals surface area contributed by atoms with Crippen LogP contribution in [0.3, 0.4) is 0 Å². The summed E-state index contributed by atoms with van der Waals surface area (Å²) in [5.41, 5.74) is 4.23. The number of aryl methyl sites for hydroxylation is 1. The van der Waals surface area contributed by atoms with E-state index in [4.69, 9.17) is 5.84 Å². The second-order valence-electron chi connectivity index (χ2n) is 3.90. The molecule has 0 bridgehead atoms. The molecule has 0 saturated heterocycles. The van der Waals surface area contributed by atoms with Gasteiger partial charge in [0.2, 0.25) is 0 Å². The molecule has 96 valence electrons. The Morgan fingerprint density at radius 3 is 2.61 bits per heavy atom. The van der Waals surface area contributed by atoms with Crippen molar-refractivity contribution in [3.8, 4) is 0 Å². The fourth-order valence-corrected chi connectivity index (χ4v) is 3.88. The topological polar surface area (TPSA) is 38.0 Å². The van der Waals surface area contributed by atoms with E-state index in [2.05, 4.69) is 37.3 Å². The maximum Gasteiger partial charge on any atom is 0.128 e. The Balaban J connectivity index is 2.48. The highest BCUT2D eigenvalue weighted by Gasteiger charge is 2.19. The van der Waals surface area contributed by atoms with Gasteiger partial charge >= 0.3 is 0 Å². The lowest BCUT2D eigenvalue weighted by molar-refractivity contribution is 0.563. The quantitative estimate of drug-likeness (QED) is 0.603. The van der Waals surface area contributed by atoms with Gasteiger partial charge in [-0.3, -0.25) is 5.84 Å². The smallest absolute Gasteiger partial charge is 0.128 e. The van der Waals surface area contributed by atoms with Gasteiger partial charge in [-0.05, 0) is 50.9 Å². The standard InChI is InChI=1S/C12H11Br2FN2S/c1-6-2-3-9(15)7(4-6)11(17-16)10-5-8(13)12(14)18-10/h2-5,11,17H,16H2,1H3. The molecule has 0 aliphatic rings. The summed E-state index contributed by atoms with van der Waals surface area (Å²) in [6.45, 7) is 1.93. The van der Waals surface area contributed by atoms with Gasteiger partial charge in [0.25, 0.3) is 0 Å². The summed E-state index contributed by atoms with van der Waals surface area (Å²) in [5, 5.41) is 0. The van der Waals surface area contributed by atoms with Crippen LogP contribution in [-0.2, 0) is 0 Å². The number of nitrogens with two attached hydrogens (primary N) is 1. The van der Waals surface area contributed by atoms with Crippen molar-refractivity contribution in [3.63, 3.8) is 0 Å². The zero-order valence-electron chi connectivity index (χ0n) is 9.51. The van der Waals surface area contributed by atoms with Crippen molar-refractivity contribution in [2.24, 2.45) is 5.84 Å². The van der Waals surface area contributed by atoms with E-state index in [1.54, 1.807) is 12.1 Å². The van der Waals surface area contributed by atoms with Gasteiger partial charge < -0.3 is 0 Å². The van der Waals surface area contributed by atoms with Crippen molar-refractivity contribution < 1.29 is 4.39 Å². The summed E-state index contributed by atoms with van der Waals surface area (Å²) in [4.78, 5) is 0.945. The van der Waals surface area contributed by atoms with Crippen LogP contribution >= 0.6 is 43.2 Å².